The maximum absolute atomic E-state index is 13.2. The molecule has 0 aromatic heterocycles. The van der Waals surface area contributed by atoms with Gasteiger partial charge in [0.25, 0.3) is 0 Å². The van der Waals surface area contributed by atoms with Gasteiger partial charge in [-0.1, -0.05) is 29.8 Å². The molecule has 0 aliphatic carbocycles. The summed E-state index contributed by atoms with van der Waals surface area (Å²) in [5.41, 5.74) is 3.25. The number of methoxy groups -OCH3 is 2. The average molecular weight is 414 g/mol. The number of halogens is 1. The summed E-state index contributed by atoms with van der Waals surface area (Å²) in [6.45, 7) is 1.93. The lowest BCUT2D eigenvalue weighted by Gasteiger charge is -2.32. The van der Waals surface area contributed by atoms with Crippen molar-refractivity contribution < 1.29 is 23.8 Å². The summed E-state index contributed by atoms with van der Waals surface area (Å²) in [5.74, 6) is 0.00188. The second-order valence-electron chi connectivity index (χ2n) is 6.94. The summed E-state index contributed by atoms with van der Waals surface area (Å²) < 4.78 is 16.2. The van der Waals surface area contributed by atoms with Crippen LogP contribution in [0.1, 0.15) is 23.5 Å². The number of benzene rings is 2. The predicted octanol–water partition coefficient (Wildman–Crippen LogP) is 4.00. The van der Waals surface area contributed by atoms with Crippen LogP contribution in [-0.2, 0) is 14.3 Å². The monoisotopic (exact) mass is 413 g/mol. The van der Waals surface area contributed by atoms with E-state index in [1.807, 2.05) is 31.2 Å². The molecule has 0 spiro atoms. The Kier molecular flexibility index (Phi) is 4.96. The number of cyclic esters (lactones) is 1. The first-order chi connectivity index (χ1) is 14.0. The Balaban J connectivity index is 1.86. The lowest BCUT2D eigenvalue weighted by Crippen LogP contribution is -2.37. The highest BCUT2D eigenvalue weighted by Crippen LogP contribution is 2.46. The highest BCUT2D eigenvalue weighted by molar-refractivity contribution is 6.31. The Labute approximate surface area is 173 Å². The number of nitrogens with zero attached hydrogens (tertiary/aromatic N) is 1. The van der Waals surface area contributed by atoms with Crippen LogP contribution >= 0.6 is 11.6 Å². The fourth-order valence-corrected chi connectivity index (χ4v) is 4.10. The first-order valence-corrected chi connectivity index (χ1v) is 9.54. The molecule has 2 aromatic rings. The van der Waals surface area contributed by atoms with Crippen molar-refractivity contribution in [2.75, 3.05) is 25.7 Å². The zero-order valence-electron chi connectivity index (χ0n) is 16.3. The number of hydrogen-bond donors (Lipinski definition) is 0. The predicted molar refractivity (Wildman–Crippen MR) is 109 cm³/mol. The van der Waals surface area contributed by atoms with Crippen LogP contribution in [0.3, 0.4) is 0 Å². The number of para-hydroxylation sites is 1. The molecule has 2 aliphatic rings. The van der Waals surface area contributed by atoms with E-state index in [4.69, 9.17) is 25.8 Å². The molecule has 0 N–H and O–H groups in total. The highest BCUT2D eigenvalue weighted by atomic mass is 35.5. The molecule has 6 nitrogen and oxygen atoms in total. The van der Waals surface area contributed by atoms with Gasteiger partial charge in [-0.15, -0.1) is 0 Å². The average Bonchev–Trinajstić information content (AvgIpc) is 3.10. The minimum Gasteiger partial charge on any atom is -0.493 e. The van der Waals surface area contributed by atoms with E-state index in [0.29, 0.717) is 39.0 Å². The standard InChI is InChI=1S/C22H20ClNO5/c1-12-7-8-13(9-16(12)23)24-17-11-29-22(26)20(17)15(10-19(24)25)14-5-4-6-18(27-2)21(14)28-3/h4-9,15H,10-11H2,1-3H3. The zero-order chi connectivity index (χ0) is 20.7. The van der Waals surface area contributed by atoms with Gasteiger partial charge in [0.05, 0.1) is 31.2 Å². The largest absolute Gasteiger partial charge is 0.493 e. The third-order valence-electron chi connectivity index (χ3n) is 5.34. The van der Waals surface area contributed by atoms with Crippen molar-refractivity contribution in [1.29, 1.82) is 0 Å². The fourth-order valence-electron chi connectivity index (χ4n) is 3.93. The van der Waals surface area contributed by atoms with Gasteiger partial charge >= 0.3 is 5.97 Å². The second-order valence-corrected chi connectivity index (χ2v) is 7.35. The van der Waals surface area contributed by atoms with Crippen LogP contribution in [0.15, 0.2) is 47.7 Å². The summed E-state index contributed by atoms with van der Waals surface area (Å²) in [7, 11) is 3.08. The van der Waals surface area contributed by atoms with Crippen molar-refractivity contribution in [3.05, 3.63) is 63.8 Å². The molecule has 0 radical (unpaired) electrons. The van der Waals surface area contributed by atoms with Crippen molar-refractivity contribution in [3.63, 3.8) is 0 Å². The molecule has 0 fully saturated rings. The molecule has 0 saturated heterocycles. The lowest BCUT2D eigenvalue weighted by atomic mass is 9.83. The summed E-state index contributed by atoms with van der Waals surface area (Å²) in [6.07, 6.45) is 0.100. The van der Waals surface area contributed by atoms with Gasteiger partial charge in [0.15, 0.2) is 11.5 Å². The van der Waals surface area contributed by atoms with Gasteiger partial charge in [-0.25, -0.2) is 4.79 Å². The molecule has 2 aromatic carbocycles. The van der Waals surface area contributed by atoms with Crippen LogP contribution in [0.5, 0.6) is 11.5 Å². The Morgan fingerprint density at radius 3 is 2.62 bits per heavy atom. The SMILES string of the molecule is COc1cccc(C2CC(=O)N(c3ccc(C)c(Cl)c3)C3=C2C(=O)OC3)c1OC. The maximum atomic E-state index is 13.2. The third-order valence-corrected chi connectivity index (χ3v) is 5.75. The van der Waals surface area contributed by atoms with Gasteiger partial charge in [0.1, 0.15) is 6.61 Å². The van der Waals surface area contributed by atoms with Gasteiger partial charge in [0.2, 0.25) is 5.91 Å². The summed E-state index contributed by atoms with van der Waals surface area (Å²) in [5, 5.41) is 0.555. The van der Waals surface area contributed by atoms with Crippen molar-refractivity contribution in [3.8, 4) is 11.5 Å². The molecular weight excluding hydrogens is 394 g/mol. The topological polar surface area (TPSA) is 65.1 Å². The van der Waals surface area contributed by atoms with E-state index in [1.54, 1.807) is 19.2 Å². The van der Waals surface area contributed by atoms with E-state index in [-0.39, 0.29) is 18.9 Å². The minimum absolute atomic E-state index is 0.0359. The van der Waals surface area contributed by atoms with E-state index < -0.39 is 11.9 Å². The number of anilines is 1. The van der Waals surface area contributed by atoms with Crippen LogP contribution < -0.4 is 14.4 Å². The third kappa shape index (κ3) is 3.13. The molecule has 1 amide bonds. The molecule has 2 heterocycles. The maximum Gasteiger partial charge on any atom is 0.336 e. The molecule has 7 heteroatoms. The highest BCUT2D eigenvalue weighted by Gasteiger charge is 2.44. The van der Waals surface area contributed by atoms with Crippen molar-refractivity contribution in [2.24, 2.45) is 0 Å². The number of carbonyl (C=O) groups is 2. The number of carbonyl (C=O) groups excluding carboxylic acids is 2. The number of aryl methyl sites for hydroxylation is 1. The Bertz CT molecular complexity index is 1050. The van der Waals surface area contributed by atoms with Crippen LogP contribution in [0.4, 0.5) is 5.69 Å². The van der Waals surface area contributed by atoms with E-state index in [9.17, 15) is 9.59 Å². The Hall–Kier alpha value is -2.99. The molecule has 29 heavy (non-hydrogen) atoms. The van der Waals surface area contributed by atoms with Crippen molar-refractivity contribution in [1.82, 2.24) is 0 Å². The number of amides is 1. The minimum atomic E-state index is -0.477. The molecule has 2 aliphatic heterocycles. The molecule has 0 saturated carbocycles. The van der Waals surface area contributed by atoms with Crippen molar-refractivity contribution in [2.45, 2.75) is 19.3 Å². The summed E-state index contributed by atoms with van der Waals surface area (Å²) in [6, 6.07) is 10.8. The quantitative estimate of drug-likeness (QED) is 0.709. The number of esters is 1. The Morgan fingerprint density at radius 1 is 1.14 bits per heavy atom. The van der Waals surface area contributed by atoms with Crippen LogP contribution in [-0.4, -0.2) is 32.7 Å². The van der Waals surface area contributed by atoms with Gasteiger partial charge < -0.3 is 14.2 Å². The summed E-state index contributed by atoms with van der Waals surface area (Å²) >= 11 is 6.27. The van der Waals surface area contributed by atoms with E-state index in [1.165, 1.54) is 12.0 Å². The molecule has 150 valence electrons. The first-order valence-electron chi connectivity index (χ1n) is 9.16. The second kappa shape index (κ2) is 7.44. The van der Waals surface area contributed by atoms with Crippen LogP contribution in [0.25, 0.3) is 0 Å². The van der Waals surface area contributed by atoms with Gasteiger partial charge in [-0.2, -0.15) is 0 Å². The van der Waals surface area contributed by atoms with E-state index in [2.05, 4.69) is 0 Å². The van der Waals surface area contributed by atoms with Crippen molar-refractivity contribution >= 4 is 29.2 Å². The van der Waals surface area contributed by atoms with E-state index >= 15 is 0 Å². The zero-order valence-corrected chi connectivity index (χ0v) is 17.1. The van der Waals surface area contributed by atoms with Crippen LogP contribution in [0, 0.1) is 6.92 Å². The Morgan fingerprint density at radius 2 is 1.93 bits per heavy atom. The first kappa shape index (κ1) is 19.3. The summed E-state index contributed by atoms with van der Waals surface area (Å²) in [4.78, 5) is 27.4. The molecule has 4 rings (SSSR count). The number of rotatable bonds is 4. The van der Waals surface area contributed by atoms with Crippen LogP contribution in [0.2, 0.25) is 5.02 Å². The normalized spacial score (nSPS) is 18.6. The smallest absolute Gasteiger partial charge is 0.336 e. The van der Waals surface area contributed by atoms with Gasteiger partial charge in [-0.05, 0) is 30.7 Å². The lowest BCUT2D eigenvalue weighted by molar-refractivity contribution is -0.136. The molecule has 1 atom stereocenters. The molecular formula is C22H20ClNO5. The number of ether oxygens (including phenoxy) is 3. The van der Waals surface area contributed by atoms with E-state index in [0.717, 1.165) is 5.56 Å². The molecule has 0 bridgehead atoms. The van der Waals surface area contributed by atoms with Gasteiger partial charge in [0, 0.05) is 22.9 Å². The number of hydrogen-bond acceptors (Lipinski definition) is 5. The fraction of sp³-hybridized carbons (Fsp3) is 0.273. The van der Waals surface area contributed by atoms with Gasteiger partial charge in [-0.3, -0.25) is 9.69 Å². The molecule has 1 unspecified atom stereocenters.